The molecule has 0 bridgehead atoms. The van der Waals surface area contributed by atoms with Gasteiger partial charge in [-0.05, 0) is 43.4 Å². The van der Waals surface area contributed by atoms with Crippen LogP contribution < -0.4 is 0 Å². The molecule has 4 heteroatoms. The fraction of sp³-hybridized carbons (Fsp3) is 0.211. The van der Waals surface area contributed by atoms with E-state index in [9.17, 15) is 4.79 Å². The molecule has 2 aromatic carbocycles. The lowest BCUT2D eigenvalue weighted by Gasteiger charge is -2.11. The first-order valence-corrected chi connectivity index (χ1v) is 8.61. The largest absolute Gasteiger partial charge is 0.460 e. The van der Waals surface area contributed by atoms with Gasteiger partial charge in [0.25, 0.3) is 0 Å². The Kier molecular flexibility index (Phi) is 4.44. The number of fused-ring (bicyclic) bond motifs is 1. The number of hydrogen-bond donors (Lipinski definition) is 0. The average molecular weight is 326 g/mol. The highest BCUT2D eigenvalue weighted by molar-refractivity contribution is 7.98. The number of benzene rings is 2. The summed E-state index contributed by atoms with van der Waals surface area (Å²) in [6.45, 7) is 4.12. The number of rotatable bonds is 4. The molecule has 3 rings (SSSR count). The minimum Gasteiger partial charge on any atom is -0.460 e. The van der Waals surface area contributed by atoms with E-state index >= 15 is 0 Å². The van der Waals surface area contributed by atoms with Crippen LogP contribution in [-0.4, -0.2) is 12.2 Å². The molecule has 0 aliphatic carbocycles. The fourth-order valence-electron chi connectivity index (χ4n) is 2.63. The number of furan rings is 1. The Hall–Kier alpha value is -2.20. The van der Waals surface area contributed by atoms with Crippen molar-refractivity contribution in [2.24, 2.45) is 0 Å². The third-order valence-corrected chi connectivity index (χ3v) is 4.67. The number of thioether (sulfide) groups is 1. The van der Waals surface area contributed by atoms with Crippen LogP contribution in [0.25, 0.3) is 11.0 Å². The fourth-order valence-corrected chi connectivity index (χ4v) is 3.39. The predicted molar refractivity (Wildman–Crippen MR) is 93.0 cm³/mol. The first-order valence-electron chi connectivity index (χ1n) is 7.39. The number of carbonyl (C=O) groups is 1. The molecule has 0 N–H and O–H groups in total. The van der Waals surface area contributed by atoms with Gasteiger partial charge in [0.2, 0.25) is 0 Å². The van der Waals surface area contributed by atoms with Gasteiger partial charge in [0.15, 0.2) is 0 Å². The summed E-state index contributed by atoms with van der Waals surface area (Å²) in [5, 5.41) is 0.934. The van der Waals surface area contributed by atoms with Gasteiger partial charge in [0, 0.05) is 5.39 Å². The maximum absolute atomic E-state index is 12.5. The molecule has 0 saturated carbocycles. The second kappa shape index (κ2) is 6.50. The SMILES string of the molecule is CSc1c(C)c(C(=O)OCc2ccccc2)cc2cc(C)oc12. The molecule has 0 aliphatic rings. The van der Waals surface area contributed by atoms with Gasteiger partial charge in [0.05, 0.1) is 10.5 Å². The number of carbonyl (C=O) groups excluding carboxylic acids is 1. The Balaban J connectivity index is 1.92. The van der Waals surface area contributed by atoms with Crippen molar-refractivity contribution in [3.8, 4) is 0 Å². The van der Waals surface area contributed by atoms with Crippen LogP contribution in [0.4, 0.5) is 0 Å². The van der Waals surface area contributed by atoms with Crippen LogP contribution in [0.15, 0.2) is 51.8 Å². The Labute approximate surface area is 139 Å². The van der Waals surface area contributed by atoms with Gasteiger partial charge >= 0.3 is 5.97 Å². The van der Waals surface area contributed by atoms with Crippen LogP contribution in [0.1, 0.15) is 27.2 Å². The van der Waals surface area contributed by atoms with E-state index in [1.807, 2.05) is 62.6 Å². The smallest absolute Gasteiger partial charge is 0.338 e. The van der Waals surface area contributed by atoms with Crippen molar-refractivity contribution in [1.82, 2.24) is 0 Å². The van der Waals surface area contributed by atoms with Gasteiger partial charge in [-0.3, -0.25) is 0 Å². The number of aryl methyl sites for hydroxylation is 1. The normalized spacial score (nSPS) is 10.9. The molecule has 1 heterocycles. The number of esters is 1. The maximum atomic E-state index is 12.5. The van der Waals surface area contributed by atoms with Crippen LogP contribution in [0, 0.1) is 13.8 Å². The van der Waals surface area contributed by atoms with Crippen LogP contribution >= 0.6 is 11.8 Å². The Morgan fingerprint density at radius 3 is 2.61 bits per heavy atom. The summed E-state index contributed by atoms with van der Waals surface area (Å²) in [7, 11) is 0. The van der Waals surface area contributed by atoms with Crippen molar-refractivity contribution in [2.45, 2.75) is 25.3 Å². The van der Waals surface area contributed by atoms with Gasteiger partial charge in [-0.15, -0.1) is 11.8 Å². The van der Waals surface area contributed by atoms with E-state index in [0.29, 0.717) is 5.56 Å². The topological polar surface area (TPSA) is 39.4 Å². The Morgan fingerprint density at radius 1 is 1.17 bits per heavy atom. The molecule has 0 unspecified atom stereocenters. The molecule has 3 aromatic rings. The Morgan fingerprint density at radius 2 is 1.91 bits per heavy atom. The van der Waals surface area contributed by atoms with Crippen LogP contribution in [0.5, 0.6) is 0 Å². The molecule has 0 spiro atoms. The summed E-state index contributed by atoms with van der Waals surface area (Å²) in [6.07, 6.45) is 1.98. The lowest BCUT2D eigenvalue weighted by Crippen LogP contribution is -2.08. The number of hydrogen-bond acceptors (Lipinski definition) is 4. The molecule has 0 atom stereocenters. The number of ether oxygens (including phenoxy) is 1. The summed E-state index contributed by atoms with van der Waals surface area (Å²) in [6, 6.07) is 13.5. The van der Waals surface area contributed by atoms with Crippen molar-refractivity contribution >= 4 is 28.7 Å². The molecule has 0 amide bonds. The minimum atomic E-state index is -0.303. The van der Waals surface area contributed by atoms with Crippen LogP contribution in [0.2, 0.25) is 0 Å². The quantitative estimate of drug-likeness (QED) is 0.492. The standard InChI is InChI=1S/C19H18O3S/c1-12-9-15-10-16(13(2)18(23-3)17(15)22-12)19(20)21-11-14-7-5-4-6-8-14/h4-10H,11H2,1-3H3. The molecule has 3 nitrogen and oxygen atoms in total. The molecule has 118 valence electrons. The van der Waals surface area contributed by atoms with Crippen LogP contribution in [-0.2, 0) is 11.3 Å². The van der Waals surface area contributed by atoms with Crippen molar-refractivity contribution < 1.29 is 13.9 Å². The molecular weight excluding hydrogens is 308 g/mol. The second-order valence-electron chi connectivity index (χ2n) is 5.42. The van der Waals surface area contributed by atoms with E-state index in [1.54, 1.807) is 11.8 Å². The first-order chi connectivity index (χ1) is 11.1. The van der Waals surface area contributed by atoms with Crippen molar-refractivity contribution in [1.29, 1.82) is 0 Å². The van der Waals surface area contributed by atoms with Gasteiger partial charge < -0.3 is 9.15 Å². The summed E-state index contributed by atoms with van der Waals surface area (Å²) >= 11 is 1.58. The summed E-state index contributed by atoms with van der Waals surface area (Å²) in [5.74, 6) is 0.534. The van der Waals surface area contributed by atoms with Crippen molar-refractivity contribution in [2.75, 3.05) is 6.26 Å². The van der Waals surface area contributed by atoms with E-state index < -0.39 is 0 Å². The molecule has 23 heavy (non-hydrogen) atoms. The van der Waals surface area contributed by atoms with Gasteiger partial charge in [-0.1, -0.05) is 30.3 Å². The monoisotopic (exact) mass is 326 g/mol. The minimum absolute atomic E-state index is 0.274. The first kappa shape index (κ1) is 15.7. The van der Waals surface area contributed by atoms with Gasteiger partial charge in [0.1, 0.15) is 18.0 Å². The van der Waals surface area contributed by atoms with E-state index in [2.05, 4.69) is 0 Å². The zero-order valence-electron chi connectivity index (χ0n) is 13.4. The molecular formula is C19H18O3S. The summed E-state index contributed by atoms with van der Waals surface area (Å²) < 4.78 is 11.2. The highest BCUT2D eigenvalue weighted by Gasteiger charge is 2.19. The molecule has 0 fully saturated rings. The zero-order valence-corrected chi connectivity index (χ0v) is 14.2. The third kappa shape index (κ3) is 3.13. The summed E-state index contributed by atoms with van der Waals surface area (Å²) in [4.78, 5) is 13.5. The zero-order chi connectivity index (χ0) is 16.4. The van der Waals surface area contributed by atoms with Gasteiger partial charge in [-0.25, -0.2) is 4.79 Å². The molecule has 1 aromatic heterocycles. The van der Waals surface area contributed by atoms with Crippen molar-refractivity contribution in [3.05, 3.63) is 64.9 Å². The summed E-state index contributed by atoms with van der Waals surface area (Å²) in [5.41, 5.74) is 3.31. The lowest BCUT2D eigenvalue weighted by molar-refractivity contribution is 0.0471. The van der Waals surface area contributed by atoms with Crippen molar-refractivity contribution in [3.63, 3.8) is 0 Å². The Bertz CT molecular complexity index is 850. The highest BCUT2D eigenvalue weighted by atomic mass is 32.2. The van der Waals surface area contributed by atoms with E-state index in [0.717, 1.165) is 32.8 Å². The van der Waals surface area contributed by atoms with E-state index in [4.69, 9.17) is 9.15 Å². The van der Waals surface area contributed by atoms with Crippen LogP contribution in [0.3, 0.4) is 0 Å². The third-order valence-electron chi connectivity index (χ3n) is 3.77. The highest BCUT2D eigenvalue weighted by Crippen LogP contribution is 2.34. The van der Waals surface area contributed by atoms with E-state index in [1.165, 1.54) is 0 Å². The molecule has 0 saturated heterocycles. The van der Waals surface area contributed by atoms with E-state index in [-0.39, 0.29) is 12.6 Å². The lowest BCUT2D eigenvalue weighted by atomic mass is 10.1. The predicted octanol–water partition coefficient (Wildman–Crippen LogP) is 5.13. The average Bonchev–Trinajstić information content (AvgIpc) is 2.93. The second-order valence-corrected chi connectivity index (χ2v) is 6.24. The van der Waals surface area contributed by atoms with Gasteiger partial charge in [-0.2, -0.15) is 0 Å². The molecule has 0 aliphatic heterocycles. The molecule has 0 radical (unpaired) electrons. The maximum Gasteiger partial charge on any atom is 0.338 e.